The zero-order valence-electron chi connectivity index (χ0n) is 9.50. The molecule has 1 aromatic heterocycles. The fourth-order valence-electron chi connectivity index (χ4n) is 1.44. The van der Waals surface area contributed by atoms with E-state index >= 15 is 0 Å². The second kappa shape index (κ2) is 5.23. The molecule has 5 heteroatoms. The lowest BCUT2D eigenvalue weighted by molar-refractivity contribution is 0.102. The van der Waals surface area contributed by atoms with Gasteiger partial charge in [0.25, 0.3) is 0 Å². The number of benzene rings is 1. The van der Waals surface area contributed by atoms with Crippen molar-refractivity contribution in [3.63, 3.8) is 0 Å². The van der Waals surface area contributed by atoms with Crippen LogP contribution in [0.25, 0.3) is 0 Å². The molecule has 2 aromatic rings. The summed E-state index contributed by atoms with van der Waals surface area (Å²) in [5.74, 6) is 0.656. The maximum atomic E-state index is 8.75. The van der Waals surface area contributed by atoms with Crippen molar-refractivity contribution >= 4 is 0 Å². The third-order valence-corrected chi connectivity index (χ3v) is 2.20. The zero-order chi connectivity index (χ0) is 12.1. The smallest absolute Gasteiger partial charge is 0.176 e. The van der Waals surface area contributed by atoms with Gasteiger partial charge in [-0.25, -0.2) is 4.98 Å². The van der Waals surface area contributed by atoms with Gasteiger partial charge < -0.3 is 4.74 Å². The summed E-state index contributed by atoms with van der Waals surface area (Å²) in [5.41, 5.74) is 1.61. The molecule has 0 spiro atoms. The average molecular weight is 228 g/mol. The summed E-state index contributed by atoms with van der Waals surface area (Å²) in [7, 11) is 1.81. The Hall–Kier alpha value is -2.19. The molecule has 2 rings (SSSR count). The molecule has 0 radical (unpaired) electrons. The molecule has 0 atom stereocenters. The minimum absolute atomic E-state index is 0.373. The van der Waals surface area contributed by atoms with Crippen molar-refractivity contribution in [3.05, 3.63) is 47.5 Å². The number of hydrogen-bond acceptors (Lipinski definition) is 4. The second-order valence-corrected chi connectivity index (χ2v) is 3.64. The summed E-state index contributed by atoms with van der Waals surface area (Å²) in [6.45, 7) is 0.825. The highest BCUT2D eigenvalue weighted by atomic mass is 16.5. The third kappa shape index (κ3) is 3.13. The largest absolute Gasteiger partial charge is 0.369 e. The molecule has 0 N–H and O–H groups in total. The highest BCUT2D eigenvalue weighted by Gasteiger charge is 2.00. The number of aryl methyl sites for hydroxylation is 1. The van der Waals surface area contributed by atoms with Gasteiger partial charge in [-0.1, -0.05) is 12.1 Å². The summed E-state index contributed by atoms with van der Waals surface area (Å²) < 4.78 is 7.10. The lowest BCUT2D eigenvalue weighted by Crippen LogP contribution is -1.97. The predicted molar refractivity (Wildman–Crippen MR) is 60.7 cm³/mol. The molecule has 17 heavy (non-hydrogen) atoms. The van der Waals surface area contributed by atoms with Crippen LogP contribution in [0.4, 0.5) is 0 Å². The van der Waals surface area contributed by atoms with Gasteiger partial charge in [-0.05, 0) is 17.7 Å². The Morgan fingerprint density at radius 2 is 2.29 bits per heavy atom. The van der Waals surface area contributed by atoms with Crippen LogP contribution >= 0.6 is 0 Å². The Morgan fingerprint density at radius 1 is 1.41 bits per heavy atom. The van der Waals surface area contributed by atoms with Gasteiger partial charge in [0.05, 0.1) is 18.2 Å². The zero-order valence-corrected chi connectivity index (χ0v) is 9.50. The Labute approximate surface area is 99.3 Å². The van der Waals surface area contributed by atoms with Crippen LogP contribution < -0.4 is 0 Å². The van der Waals surface area contributed by atoms with E-state index in [-0.39, 0.29) is 0 Å². The van der Waals surface area contributed by atoms with Crippen LogP contribution in [0.3, 0.4) is 0 Å². The van der Waals surface area contributed by atoms with Crippen LogP contribution in [0.2, 0.25) is 0 Å². The molecule has 0 saturated heterocycles. The molecule has 0 aliphatic heterocycles. The van der Waals surface area contributed by atoms with Crippen LogP contribution in [0.5, 0.6) is 0 Å². The topological polar surface area (TPSA) is 63.7 Å². The van der Waals surface area contributed by atoms with Gasteiger partial charge in [0.2, 0.25) is 0 Å². The quantitative estimate of drug-likeness (QED) is 0.793. The lowest BCUT2D eigenvalue weighted by atomic mass is 10.1. The van der Waals surface area contributed by atoms with Crippen LogP contribution in [0.1, 0.15) is 17.0 Å². The van der Waals surface area contributed by atoms with E-state index in [2.05, 4.69) is 16.2 Å². The summed E-state index contributed by atoms with van der Waals surface area (Å²) in [6, 6.07) is 9.44. The normalized spacial score (nSPS) is 10.1. The Bertz CT molecular complexity index is 541. The van der Waals surface area contributed by atoms with E-state index in [0.717, 1.165) is 5.56 Å². The molecular formula is C12H12N4O. The fourth-order valence-corrected chi connectivity index (χ4v) is 1.44. The third-order valence-electron chi connectivity index (χ3n) is 2.20. The maximum absolute atomic E-state index is 8.75. The molecule has 0 aliphatic carbocycles. The Kier molecular flexibility index (Phi) is 3.48. The number of nitrogens with zero attached hydrogens (tertiary/aromatic N) is 4. The van der Waals surface area contributed by atoms with Gasteiger partial charge >= 0.3 is 0 Å². The van der Waals surface area contributed by atoms with Gasteiger partial charge in [0.1, 0.15) is 12.9 Å². The monoisotopic (exact) mass is 228 g/mol. The van der Waals surface area contributed by atoms with Crippen molar-refractivity contribution in [2.24, 2.45) is 7.05 Å². The standard InChI is InChI=1S/C12H12N4O/c1-16-9-14-12(15-16)8-17-7-11-4-2-3-10(5-11)6-13/h2-5,9H,7-8H2,1H3. The Morgan fingerprint density at radius 3 is 3.00 bits per heavy atom. The maximum Gasteiger partial charge on any atom is 0.176 e. The van der Waals surface area contributed by atoms with Crippen molar-refractivity contribution in [1.29, 1.82) is 5.26 Å². The molecule has 0 aliphatic rings. The van der Waals surface area contributed by atoms with Gasteiger partial charge in [0, 0.05) is 7.05 Å². The molecule has 0 saturated carbocycles. The van der Waals surface area contributed by atoms with Crippen molar-refractivity contribution < 1.29 is 4.74 Å². The van der Waals surface area contributed by atoms with E-state index in [1.54, 1.807) is 17.1 Å². The molecule has 0 fully saturated rings. The molecule has 0 amide bonds. The van der Waals surface area contributed by atoms with Gasteiger partial charge in [-0.2, -0.15) is 10.4 Å². The van der Waals surface area contributed by atoms with Crippen LogP contribution in [0, 0.1) is 11.3 Å². The highest BCUT2D eigenvalue weighted by Crippen LogP contribution is 2.06. The summed E-state index contributed by atoms with van der Waals surface area (Å²) in [4.78, 5) is 4.06. The number of ether oxygens (including phenoxy) is 1. The number of nitriles is 1. The van der Waals surface area contributed by atoms with E-state index in [9.17, 15) is 0 Å². The van der Waals surface area contributed by atoms with Crippen molar-refractivity contribution in [3.8, 4) is 6.07 Å². The fraction of sp³-hybridized carbons (Fsp3) is 0.250. The number of hydrogen-bond donors (Lipinski definition) is 0. The number of aromatic nitrogens is 3. The van der Waals surface area contributed by atoms with Gasteiger partial charge in [-0.15, -0.1) is 0 Å². The first-order valence-electron chi connectivity index (χ1n) is 5.19. The van der Waals surface area contributed by atoms with Crippen LogP contribution in [-0.2, 0) is 25.0 Å². The van der Waals surface area contributed by atoms with E-state index in [1.807, 2.05) is 25.2 Å². The minimum atomic E-state index is 0.373. The molecule has 0 unspecified atom stereocenters. The minimum Gasteiger partial charge on any atom is -0.369 e. The summed E-state index contributed by atoms with van der Waals surface area (Å²) >= 11 is 0. The van der Waals surface area contributed by atoms with E-state index < -0.39 is 0 Å². The average Bonchev–Trinajstić information content (AvgIpc) is 2.75. The molecule has 86 valence electrons. The van der Waals surface area contributed by atoms with Crippen molar-refractivity contribution in [1.82, 2.24) is 14.8 Å². The molecule has 1 heterocycles. The van der Waals surface area contributed by atoms with E-state index in [1.165, 1.54) is 0 Å². The molecule has 0 bridgehead atoms. The number of rotatable bonds is 4. The van der Waals surface area contributed by atoms with Crippen molar-refractivity contribution in [2.45, 2.75) is 13.2 Å². The molecular weight excluding hydrogens is 216 g/mol. The first-order valence-corrected chi connectivity index (χ1v) is 5.19. The Balaban J connectivity index is 1.88. The molecule has 5 nitrogen and oxygen atoms in total. The van der Waals surface area contributed by atoms with Gasteiger partial charge in [0.15, 0.2) is 5.82 Å². The van der Waals surface area contributed by atoms with Crippen LogP contribution in [0.15, 0.2) is 30.6 Å². The summed E-state index contributed by atoms with van der Waals surface area (Å²) in [6.07, 6.45) is 1.63. The highest BCUT2D eigenvalue weighted by molar-refractivity contribution is 5.32. The SMILES string of the molecule is Cn1cnc(COCc2cccc(C#N)c2)n1. The second-order valence-electron chi connectivity index (χ2n) is 3.64. The van der Waals surface area contributed by atoms with E-state index in [4.69, 9.17) is 10.00 Å². The first-order chi connectivity index (χ1) is 8.28. The van der Waals surface area contributed by atoms with Crippen molar-refractivity contribution in [2.75, 3.05) is 0 Å². The van der Waals surface area contributed by atoms with Crippen LogP contribution in [-0.4, -0.2) is 14.8 Å². The van der Waals surface area contributed by atoms with Gasteiger partial charge in [-0.3, -0.25) is 4.68 Å². The predicted octanol–water partition coefficient (Wildman–Crippen LogP) is 1.40. The summed E-state index contributed by atoms with van der Waals surface area (Å²) in [5, 5.41) is 12.9. The van der Waals surface area contributed by atoms with E-state index in [0.29, 0.717) is 24.6 Å². The lowest BCUT2D eigenvalue weighted by Gasteiger charge is -2.02. The molecule has 1 aromatic carbocycles. The first kappa shape index (κ1) is 11.3.